The lowest BCUT2D eigenvalue weighted by Gasteiger charge is -2.47. The molecule has 1 aromatic heterocycles. The van der Waals surface area contributed by atoms with Gasteiger partial charge in [0.1, 0.15) is 5.82 Å². The van der Waals surface area contributed by atoms with Crippen LogP contribution in [0.15, 0.2) is 18.3 Å². The van der Waals surface area contributed by atoms with Crippen molar-refractivity contribution >= 4 is 11.7 Å². The number of hydrogen-bond acceptors (Lipinski definition) is 3. The van der Waals surface area contributed by atoms with Crippen LogP contribution >= 0.6 is 0 Å². The van der Waals surface area contributed by atoms with Gasteiger partial charge in [-0.25, -0.2) is 4.98 Å². The Balaban J connectivity index is 1.52. The Hall–Kier alpha value is -1.58. The van der Waals surface area contributed by atoms with Crippen LogP contribution in [0.2, 0.25) is 0 Å². The Labute approximate surface area is 126 Å². The van der Waals surface area contributed by atoms with Crippen molar-refractivity contribution in [3.05, 3.63) is 23.9 Å². The molecule has 0 N–H and O–H groups in total. The average Bonchev–Trinajstić information content (AvgIpc) is 3.31. The van der Waals surface area contributed by atoms with Crippen LogP contribution in [0.5, 0.6) is 0 Å². The third kappa shape index (κ3) is 2.41. The number of anilines is 1. The summed E-state index contributed by atoms with van der Waals surface area (Å²) in [5.41, 5.74) is 1.26. The topological polar surface area (TPSA) is 36.4 Å². The summed E-state index contributed by atoms with van der Waals surface area (Å²) >= 11 is 0. The number of nitrogens with zero attached hydrogens (tertiary/aromatic N) is 3. The van der Waals surface area contributed by atoms with Gasteiger partial charge in [-0.3, -0.25) is 4.79 Å². The number of fused-ring (bicyclic) bond motifs is 1. The van der Waals surface area contributed by atoms with Gasteiger partial charge in [0.25, 0.3) is 0 Å². The van der Waals surface area contributed by atoms with E-state index >= 15 is 0 Å². The van der Waals surface area contributed by atoms with Crippen molar-refractivity contribution in [2.75, 3.05) is 18.0 Å². The maximum Gasteiger partial charge on any atom is 0.223 e. The number of carbonyl (C=O) groups is 1. The molecule has 4 nitrogen and oxygen atoms in total. The number of piperidine rings is 2. The van der Waals surface area contributed by atoms with Gasteiger partial charge in [-0.1, -0.05) is 0 Å². The van der Waals surface area contributed by atoms with Gasteiger partial charge in [0.05, 0.1) is 0 Å². The number of hydrogen-bond donors (Lipinski definition) is 0. The zero-order valence-corrected chi connectivity index (χ0v) is 12.7. The molecule has 3 aliphatic rings. The largest absolute Gasteiger partial charge is 0.356 e. The van der Waals surface area contributed by atoms with Crippen LogP contribution in [0.3, 0.4) is 0 Å². The summed E-state index contributed by atoms with van der Waals surface area (Å²) in [5.74, 6) is 2.13. The van der Waals surface area contributed by atoms with Crippen molar-refractivity contribution in [2.24, 2.45) is 5.92 Å². The number of carbonyl (C=O) groups excluding carboxylic acids is 1. The van der Waals surface area contributed by atoms with Gasteiger partial charge in [-0.2, -0.15) is 0 Å². The highest BCUT2D eigenvalue weighted by molar-refractivity contribution is 5.78. The summed E-state index contributed by atoms with van der Waals surface area (Å²) in [7, 11) is 0. The zero-order chi connectivity index (χ0) is 14.4. The van der Waals surface area contributed by atoms with E-state index in [2.05, 4.69) is 27.8 Å². The monoisotopic (exact) mass is 285 g/mol. The van der Waals surface area contributed by atoms with Crippen LogP contribution in [0.1, 0.15) is 37.7 Å². The van der Waals surface area contributed by atoms with E-state index in [1.807, 2.05) is 12.3 Å². The van der Waals surface area contributed by atoms with Gasteiger partial charge in [0.15, 0.2) is 0 Å². The Kier molecular flexibility index (Phi) is 3.12. The van der Waals surface area contributed by atoms with Crippen molar-refractivity contribution in [1.29, 1.82) is 0 Å². The Bertz CT molecular complexity index is 555. The van der Waals surface area contributed by atoms with Gasteiger partial charge in [0.2, 0.25) is 5.91 Å². The summed E-state index contributed by atoms with van der Waals surface area (Å²) in [4.78, 5) is 21.4. The maximum atomic E-state index is 12.2. The molecule has 0 bridgehead atoms. The first-order valence-electron chi connectivity index (χ1n) is 8.21. The number of pyridine rings is 1. The van der Waals surface area contributed by atoms with E-state index in [0.717, 1.165) is 38.2 Å². The minimum Gasteiger partial charge on any atom is -0.356 e. The molecule has 1 aromatic rings. The highest BCUT2D eigenvalue weighted by Crippen LogP contribution is 2.39. The van der Waals surface area contributed by atoms with Crippen LogP contribution in [-0.4, -0.2) is 41.0 Å². The lowest BCUT2D eigenvalue weighted by atomic mass is 9.83. The summed E-state index contributed by atoms with van der Waals surface area (Å²) in [6.45, 7) is 4.19. The molecule has 21 heavy (non-hydrogen) atoms. The molecule has 2 atom stereocenters. The summed E-state index contributed by atoms with van der Waals surface area (Å²) in [6.07, 6.45) is 7.23. The van der Waals surface area contributed by atoms with E-state index < -0.39 is 0 Å². The van der Waals surface area contributed by atoms with Crippen LogP contribution in [0.4, 0.5) is 5.82 Å². The third-order valence-electron chi connectivity index (χ3n) is 5.23. The molecule has 2 aliphatic heterocycles. The quantitative estimate of drug-likeness (QED) is 0.837. The lowest BCUT2D eigenvalue weighted by Crippen LogP contribution is -2.56. The van der Waals surface area contributed by atoms with E-state index in [1.165, 1.54) is 18.4 Å². The second kappa shape index (κ2) is 5.00. The van der Waals surface area contributed by atoms with Crippen molar-refractivity contribution in [1.82, 2.24) is 9.88 Å². The van der Waals surface area contributed by atoms with Gasteiger partial charge in [0, 0.05) is 37.8 Å². The summed E-state index contributed by atoms with van der Waals surface area (Å²) < 4.78 is 0. The van der Waals surface area contributed by atoms with Crippen molar-refractivity contribution in [2.45, 2.75) is 51.1 Å². The molecule has 112 valence electrons. The molecule has 1 aliphatic carbocycles. The smallest absolute Gasteiger partial charge is 0.223 e. The van der Waals surface area contributed by atoms with Gasteiger partial charge in [-0.15, -0.1) is 0 Å². The normalized spacial score (nSPS) is 29.5. The fourth-order valence-electron chi connectivity index (χ4n) is 4.02. The second-order valence-corrected chi connectivity index (χ2v) is 6.82. The van der Waals surface area contributed by atoms with Gasteiger partial charge in [-0.05, 0) is 56.2 Å². The average molecular weight is 285 g/mol. The summed E-state index contributed by atoms with van der Waals surface area (Å²) in [5, 5.41) is 0. The third-order valence-corrected chi connectivity index (χ3v) is 5.23. The molecular weight excluding hydrogens is 262 g/mol. The van der Waals surface area contributed by atoms with Crippen molar-refractivity contribution < 1.29 is 4.79 Å². The van der Waals surface area contributed by atoms with E-state index in [1.54, 1.807) is 0 Å². The molecule has 1 saturated carbocycles. The molecular formula is C17H23N3O. The van der Waals surface area contributed by atoms with E-state index in [9.17, 15) is 4.79 Å². The minimum atomic E-state index is 0.404. The minimum absolute atomic E-state index is 0.404. The highest BCUT2D eigenvalue weighted by Gasteiger charge is 2.45. The Morgan fingerprint density at radius 2 is 2.10 bits per heavy atom. The van der Waals surface area contributed by atoms with Crippen LogP contribution in [0.25, 0.3) is 0 Å². The number of aromatic nitrogens is 1. The SMILES string of the molecule is Cc1ccnc(N2CC[C@@H]3[C@H](CCC(=O)N3C3CC3)C2)c1. The molecule has 0 radical (unpaired) electrons. The van der Waals surface area contributed by atoms with Crippen LogP contribution in [0, 0.1) is 12.8 Å². The molecule has 1 amide bonds. The molecule has 0 unspecified atom stereocenters. The first kappa shape index (κ1) is 13.1. The van der Waals surface area contributed by atoms with Crippen molar-refractivity contribution in [3.8, 4) is 0 Å². The van der Waals surface area contributed by atoms with E-state index in [4.69, 9.17) is 0 Å². The maximum absolute atomic E-state index is 12.2. The Morgan fingerprint density at radius 3 is 2.86 bits per heavy atom. The molecule has 4 heteroatoms. The molecule has 3 heterocycles. The molecule has 2 saturated heterocycles. The lowest BCUT2D eigenvalue weighted by molar-refractivity contribution is -0.140. The predicted molar refractivity (Wildman–Crippen MR) is 82.2 cm³/mol. The van der Waals surface area contributed by atoms with Crippen LogP contribution in [-0.2, 0) is 4.79 Å². The second-order valence-electron chi connectivity index (χ2n) is 6.82. The predicted octanol–water partition coefficient (Wildman–Crippen LogP) is 2.37. The molecule has 4 rings (SSSR count). The first-order valence-corrected chi connectivity index (χ1v) is 8.21. The number of amides is 1. The standard InChI is InChI=1S/C17H23N3O/c1-12-6-8-18-16(10-12)19-9-7-15-13(11-19)2-5-17(21)20(15)14-3-4-14/h6,8,10,13-15H,2-5,7,9,11H2,1H3/t13-,15-/m1/s1. The Morgan fingerprint density at radius 1 is 1.24 bits per heavy atom. The summed E-state index contributed by atoms with van der Waals surface area (Å²) in [6, 6.07) is 5.27. The van der Waals surface area contributed by atoms with Gasteiger partial charge >= 0.3 is 0 Å². The molecule has 0 aromatic carbocycles. The zero-order valence-electron chi connectivity index (χ0n) is 12.7. The number of likely N-dealkylation sites (tertiary alicyclic amines) is 1. The fraction of sp³-hybridized carbons (Fsp3) is 0.647. The number of rotatable bonds is 2. The van der Waals surface area contributed by atoms with Gasteiger partial charge < -0.3 is 9.80 Å². The van der Waals surface area contributed by atoms with Crippen molar-refractivity contribution in [3.63, 3.8) is 0 Å². The molecule has 0 spiro atoms. The van der Waals surface area contributed by atoms with E-state index in [-0.39, 0.29) is 0 Å². The first-order chi connectivity index (χ1) is 10.2. The van der Waals surface area contributed by atoms with Crippen LogP contribution < -0.4 is 4.90 Å². The van der Waals surface area contributed by atoms with E-state index in [0.29, 0.717) is 23.9 Å². The molecule has 3 fully saturated rings. The fourth-order valence-corrected chi connectivity index (χ4v) is 4.02. The highest BCUT2D eigenvalue weighted by atomic mass is 16.2. The number of aryl methyl sites for hydroxylation is 1.